The first kappa shape index (κ1) is 19.5. The minimum Gasteiger partial charge on any atom is -0.467 e. The second-order valence-electron chi connectivity index (χ2n) is 6.03. The van der Waals surface area contributed by atoms with E-state index in [0.29, 0.717) is 29.1 Å². The monoisotopic (exact) mass is 404 g/mol. The van der Waals surface area contributed by atoms with Crippen molar-refractivity contribution in [3.63, 3.8) is 0 Å². The van der Waals surface area contributed by atoms with E-state index < -0.39 is 0 Å². The van der Waals surface area contributed by atoms with Gasteiger partial charge in [0.25, 0.3) is 0 Å². The predicted molar refractivity (Wildman–Crippen MR) is 107 cm³/mol. The van der Waals surface area contributed by atoms with E-state index in [4.69, 9.17) is 16.0 Å². The third-order valence-electron chi connectivity index (χ3n) is 3.91. The normalized spacial score (nSPS) is 12.1. The highest BCUT2D eigenvalue weighted by molar-refractivity contribution is 8.00. The number of thioether (sulfide) groups is 1. The number of hydrogen-bond acceptors (Lipinski definition) is 5. The van der Waals surface area contributed by atoms with Crippen molar-refractivity contribution >= 4 is 29.3 Å². The van der Waals surface area contributed by atoms with Gasteiger partial charge in [0.1, 0.15) is 5.76 Å². The van der Waals surface area contributed by atoms with E-state index in [1.54, 1.807) is 6.26 Å². The summed E-state index contributed by atoms with van der Waals surface area (Å²) in [5.74, 6) is 1.48. The Labute approximate surface area is 167 Å². The molecule has 0 aliphatic carbocycles. The molecule has 2 heterocycles. The van der Waals surface area contributed by atoms with Gasteiger partial charge in [-0.2, -0.15) is 0 Å². The summed E-state index contributed by atoms with van der Waals surface area (Å²) < 4.78 is 7.45. The van der Waals surface area contributed by atoms with Crippen molar-refractivity contribution in [2.75, 3.05) is 6.54 Å². The van der Waals surface area contributed by atoms with Crippen LogP contribution in [-0.4, -0.2) is 32.5 Å². The number of carbonyl (C=O) groups is 1. The van der Waals surface area contributed by atoms with E-state index in [-0.39, 0.29) is 11.2 Å². The first-order chi connectivity index (χ1) is 13.1. The molecule has 8 heteroatoms. The van der Waals surface area contributed by atoms with Crippen LogP contribution in [0.5, 0.6) is 0 Å². The SMILES string of the molecule is CCCNC(=O)[C@@H](C)Sc1nnc(-c2ccc(Cl)cc2)n1Cc1ccco1. The summed E-state index contributed by atoms with van der Waals surface area (Å²) >= 11 is 7.38. The van der Waals surface area contributed by atoms with Crippen LogP contribution in [0.25, 0.3) is 11.4 Å². The number of amides is 1. The Morgan fingerprint density at radius 3 is 2.74 bits per heavy atom. The number of furan rings is 1. The largest absolute Gasteiger partial charge is 0.467 e. The van der Waals surface area contributed by atoms with Crippen LogP contribution in [0.2, 0.25) is 5.02 Å². The zero-order valence-corrected chi connectivity index (χ0v) is 16.8. The molecule has 0 radical (unpaired) electrons. The topological polar surface area (TPSA) is 73.0 Å². The van der Waals surface area contributed by atoms with Crippen LogP contribution < -0.4 is 5.32 Å². The van der Waals surface area contributed by atoms with Crippen LogP contribution >= 0.6 is 23.4 Å². The van der Waals surface area contributed by atoms with Crippen molar-refractivity contribution in [3.8, 4) is 11.4 Å². The summed E-state index contributed by atoms with van der Waals surface area (Å²) in [6.07, 6.45) is 2.54. The molecule has 6 nitrogen and oxygen atoms in total. The molecule has 0 unspecified atom stereocenters. The van der Waals surface area contributed by atoms with Crippen molar-refractivity contribution in [1.29, 1.82) is 0 Å². The van der Waals surface area contributed by atoms with Gasteiger partial charge < -0.3 is 9.73 Å². The lowest BCUT2D eigenvalue weighted by molar-refractivity contribution is -0.120. The fourth-order valence-corrected chi connectivity index (χ4v) is 3.49. The van der Waals surface area contributed by atoms with Crippen LogP contribution in [-0.2, 0) is 11.3 Å². The highest BCUT2D eigenvalue weighted by atomic mass is 35.5. The molecule has 0 aliphatic rings. The number of rotatable bonds is 8. The van der Waals surface area contributed by atoms with E-state index in [2.05, 4.69) is 15.5 Å². The summed E-state index contributed by atoms with van der Waals surface area (Å²) in [6, 6.07) is 11.2. The number of carbonyl (C=O) groups excluding carboxylic acids is 1. The van der Waals surface area contributed by atoms with Crippen LogP contribution in [0.1, 0.15) is 26.0 Å². The number of benzene rings is 1. The Balaban J connectivity index is 1.89. The molecule has 1 atom stereocenters. The molecule has 0 spiro atoms. The van der Waals surface area contributed by atoms with Crippen LogP contribution in [0.15, 0.2) is 52.2 Å². The molecule has 1 N–H and O–H groups in total. The molecule has 0 saturated heterocycles. The molecule has 27 heavy (non-hydrogen) atoms. The highest BCUT2D eigenvalue weighted by Gasteiger charge is 2.21. The van der Waals surface area contributed by atoms with Crippen LogP contribution in [0.3, 0.4) is 0 Å². The second kappa shape index (κ2) is 9.10. The van der Waals surface area contributed by atoms with Crippen LogP contribution in [0.4, 0.5) is 0 Å². The lowest BCUT2D eigenvalue weighted by Crippen LogP contribution is -2.31. The summed E-state index contributed by atoms with van der Waals surface area (Å²) in [5, 5.41) is 12.6. The second-order valence-corrected chi connectivity index (χ2v) is 7.77. The lowest BCUT2D eigenvalue weighted by Gasteiger charge is -2.13. The lowest BCUT2D eigenvalue weighted by atomic mass is 10.2. The Hall–Kier alpha value is -2.25. The molecule has 1 amide bonds. The van der Waals surface area contributed by atoms with Crippen molar-refractivity contribution < 1.29 is 9.21 Å². The molecule has 3 aromatic rings. The first-order valence-electron chi connectivity index (χ1n) is 8.74. The standard InChI is InChI=1S/C19H21ClN4O2S/c1-3-10-21-18(25)13(2)27-19-23-22-17(14-6-8-15(20)9-7-14)24(19)12-16-5-4-11-26-16/h4-9,11,13H,3,10,12H2,1-2H3,(H,21,25)/t13-/m1/s1. The third-order valence-corrected chi connectivity index (χ3v) is 5.25. The first-order valence-corrected chi connectivity index (χ1v) is 10.00. The van der Waals surface area contributed by atoms with E-state index in [0.717, 1.165) is 17.7 Å². The average molecular weight is 405 g/mol. The van der Waals surface area contributed by atoms with Gasteiger partial charge >= 0.3 is 0 Å². The number of aromatic nitrogens is 3. The van der Waals surface area contributed by atoms with Gasteiger partial charge in [-0.05, 0) is 49.7 Å². The number of hydrogen-bond donors (Lipinski definition) is 1. The Morgan fingerprint density at radius 2 is 2.07 bits per heavy atom. The van der Waals surface area contributed by atoms with Gasteiger partial charge in [0.15, 0.2) is 11.0 Å². The summed E-state index contributed by atoms with van der Waals surface area (Å²) in [6.45, 7) is 5.03. The zero-order valence-electron chi connectivity index (χ0n) is 15.2. The summed E-state index contributed by atoms with van der Waals surface area (Å²) in [4.78, 5) is 12.2. The molecule has 0 bridgehead atoms. The Kier molecular flexibility index (Phi) is 6.58. The molecule has 0 aliphatic heterocycles. The van der Waals surface area contributed by atoms with Crippen molar-refractivity contribution in [1.82, 2.24) is 20.1 Å². The fourth-order valence-electron chi connectivity index (χ4n) is 2.49. The van der Waals surface area contributed by atoms with Gasteiger partial charge in [0.2, 0.25) is 5.91 Å². The quantitative estimate of drug-likeness (QED) is 0.568. The van der Waals surface area contributed by atoms with E-state index >= 15 is 0 Å². The molecule has 0 saturated carbocycles. The van der Waals surface area contributed by atoms with Crippen molar-refractivity contribution in [3.05, 3.63) is 53.4 Å². The van der Waals surface area contributed by atoms with Gasteiger partial charge in [-0.15, -0.1) is 10.2 Å². The predicted octanol–water partition coefficient (Wildman–Crippen LogP) is 4.25. The van der Waals surface area contributed by atoms with Gasteiger partial charge in [-0.1, -0.05) is 30.3 Å². The van der Waals surface area contributed by atoms with E-state index in [1.165, 1.54) is 11.8 Å². The van der Waals surface area contributed by atoms with Gasteiger partial charge in [0, 0.05) is 17.1 Å². The molecule has 1 aromatic carbocycles. The molecule has 142 valence electrons. The maximum Gasteiger partial charge on any atom is 0.233 e. The van der Waals surface area contributed by atoms with Gasteiger partial charge in [-0.25, -0.2) is 0 Å². The maximum atomic E-state index is 12.2. The number of halogens is 1. The smallest absolute Gasteiger partial charge is 0.233 e. The fraction of sp³-hybridized carbons (Fsp3) is 0.316. The van der Waals surface area contributed by atoms with Crippen LogP contribution in [0, 0.1) is 0 Å². The summed E-state index contributed by atoms with van der Waals surface area (Å²) in [5.41, 5.74) is 0.897. The van der Waals surface area contributed by atoms with Crippen molar-refractivity contribution in [2.45, 2.75) is 37.2 Å². The Morgan fingerprint density at radius 1 is 1.30 bits per heavy atom. The third kappa shape index (κ3) is 4.93. The molecule has 2 aromatic heterocycles. The minimum absolute atomic E-state index is 0.0116. The maximum absolute atomic E-state index is 12.2. The molecule has 0 fully saturated rings. The number of nitrogens with zero attached hydrogens (tertiary/aromatic N) is 3. The highest BCUT2D eigenvalue weighted by Crippen LogP contribution is 2.28. The minimum atomic E-state index is -0.283. The Bertz CT molecular complexity index is 878. The van der Waals surface area contributed by atoms with E-state index in [1.807, 2.05) is 54.8 Å². The zero-order chi connectivity index (χ0) is 19.2. The van der Waals surface area contributed by atoms with Crippen molar-refractivity contribution in [2.24, 2.45) is 0 Å². The molecule has 3 rings (SSSR count). The number of nitrogens with one attached hydrogen (secondary N) is 1. The van der Waals surface area contributed by atoms with E-state index in [9.17, 15) is 4.79 Å². The van der Waals surface area contributed by atoms with Gasteiger partial charge in [0.05, 0.1) is 18.1 Å². The average Bonchev–Trinajstić information content (AvgIpc) is 3.31. The molecular formula is C19H21ClN4O2S. The molecular weight excluding hydrogens is 384 g/mol. The summed E-state index contributed by atoms with van der Waals surface area (Å²) in [7, 11) is 0. The van der Waals surface area contributed by atoms with Gasteiger partial charge in [-0.3, -0.25) is 9.36 Å².